The van der Waals surface area contributed by atoms with E-state index in [0.29, 0.717) is 33.3 Å². The summed E-state index contributed by atoms with van der Waals surface area (Å²) in [4.78, 5) is 4.52. The fraction of sp³-hybridized carbons (Fsp3) is 0.263. The van der Waals surface area contributed by atoms with Gasteiger partial charge in [0.15, 0.2) is 0 Å². The van der Waals surface area contributed by atoms with Crippen LogP contribution in [0.3, 0.4) is 0 Å². The zero-order valence-electron chi connectivity index (χ0n) is 15.9. The second-order valence-corrected chi connectivity index (χ2v) is 8.79. The van der Waals surface area contributed by atoms with E-state index in [1.807, 2.05) is 0 Å². The predicted octanol–water partition coefficient (Wildman–Crippen LogP) is 3.84. The molecule has 148 valence electrons. The van der Waals surface area contributed by atoms with Gasteiger partial charge in [-0.1, -0.05) is 28.9 Å². The van der Waals surface area contributed by atoms with Crippen LogP contribution in [0.1, 0.15) is 17.0 Å². The van der Waals surface area contributed by atoms with Crippen molar-refractivity contribution in [1.82, 2.24) is 14.4 Å². The van der Waals surface area contributed by atoms with Crippen molar-refractivity contribution in [1.29, 1.82) is 0 Å². The van der Waals surface area contributed by atoms with E-state index >= 15 is 0 Å². The molecule has 0 bridgehead atoms. The van der Waals surface area contributed by atoms with Crippen LogP contribution < -0.4 is 4.74 Å². The van der Waals surface area contributed by atoms with Crippen molar-refractivity contribution in [3.63, 3.8) is 0 Å². The van der Waals surface area contributed by atoms with Gasteiger partial charge in [-0.25, -0.2) is 8.42 Å². The number of aromatic nitrogens is 2. The van der Waals surface area contributed by atoms with Crippen molar-refractivity contribution in [3.05, 3.63) is 58.4 Å². The molecule has 0 atom stereocenters. The van der Waals surface area contributed by atoms with Gasteiger partial charge < -0.3 is 9.26 Å². The van der Waals surface area contributed by atoms with E-state index < -0.39 is 10.0 Å². The first kappa shape index (κ1) is 20.3. The summed E-state index contributed by atoms with van der Waals surface area (Å²) in [5, 5.41) is 4.46. The molecule has 0 unspecified atom stereocenters. The number of ether oxygens (including phenoxy) is 1. The van der Waals surface area contributed by atoms with Crippen LogP contribution in [-0.4, -0.2) is 37.0 Å². The van der Waals surface area contributed by atoms with Crippen LogP contribution in [0.5, 0.6) is 5.75 Å². The molecule has 0 spiro atoms. The first-order valence-electron chi connectivity index (χ1n) is 8.42. The third-order valence-corrected chi connectivity index (χ3v) is 6.59. The Kier molecular flexibility index (Phi) is 5.74. The first-order chi connectivity index (χ1) is 13.2. The highest BCUT2D eigenvalue weighted by molar-refractivity contribution is 7.89. The van der Waals surface area contributed by atoms with Crippen LogP contribution in [0.4, 0.5) is 0 Å². The fourth-order valence-corrected chi connectivity index (χ4v) is 4.64. The summed E-state index contributed by atoms with van der Waals surface area (Å²) in [5.74, 6) is 1.14. The van der Waals surface area contributed by atoms with Gasteiger partial charge in [-0.2, -0.15) is 9.29 Å². The molecule has 3 aromatic rings. The number of aryl methyl sites for hydroxylation is 2. The van der Waals surface area contributed by atoms with Gasteiger partial charge >= 0.3 is 0 Å². The lowest BCUT2D eigenvalue weighted by Crippen LogP contribution is -2.28. The number of rotatable bonds is 6. The lowest BCUT2D eigenvalue weighted by Gasteiger charge is -2.19. The number of nitrogens with zero attached hydrogens (tertiary/aromatic N) is 3. The highest BCUT2D eigenvalue weighted by Crippen LogP contribution is 2.28. The molecule has 0 aliphatic heterocycles. The summed E-state index contributed by atoms with van der Waals surface area (Å²) < 4.78 is 37.8. The smallest absolute Gasteiger partial charge is 0.243 e. The Morgan fingerprint density at radius 2 is 1.86 bits per heavy atom. The van der Waals surface area contributed by atoms with E-state index in [1.165, 1.54) is 11.4 Å². The quantitative estimate of drug-likeness (QED) is 0.601. The molecule has 0 radical (unpaired) electrons. The molecule has 0 saturated heterocycles. The first-order valence-corrected chi connectivity index (χ1v) is 10.2. The van der Waals surface area contributed by atoms with Gasteiger partial charge in [-0.3, -0.25) is 0 Å². The van der Waals surface area contributed by atoms with Gasteiger partial charge in [0, 0.05) is 17.6 Å². The second-order valence-electron chi connectivity index (χ2n) is 6.37. The highest BCUT2D eigenvalue weighted by Gasteiger charge is 2.27. The molecule has 0 amide bonds. The van der Waals surface area contributed by atoms with Crippen LogP contribution in [0.2, 0.25) is 5.02 Å². The van der Waals surface area contributed by atoms with Gasteiger partial charge in [0.25, 0.3) is 0 Å². The number of halogens is 1. The molecule has 28 heavy (non-hydrogen) atoms. The van der Waals surface area contributed by atoms with Crippen LogP contribution in [0.25, 0.3) is 11.4 Å². The maximum atomic E-state index is 13.1. The van der Waals surface area contributed by atoms with Crippen LogP contribution in [-0.2, 0) is 16.6 Å². The third-order valence-electron chi connectivity index (χ3n) is 4.25. The fourth-order valence-electron chi connectivity index (χ4n) is 2.93. The van der Waals surface area contributed by atoms with Gasteiger partial charge in [0.2, 0.25) is 21.7 Å². The van der Waals surface area contributed by atoms with Crippen LogP contribution in [0, 0.1) is 13.8 Å². The number of methoxy groups -OCH3 is 1. The Bertz CT molecular complexity index is 1090. The van der Waals surface area contributed by atoms with E-state index in [2.05, 4.69) is 10.1 Å². The molecule has 0 saturated carbocycles. The standard InChI is InChI=1S/C19H20ClN3O4S/c1-12-8-16(26-4)9-13(2)18(12)28(24,25)23(3)11-17-21-19(22-27-17)14-6-5-7-15(20)10-14/h5-10H,11H2,1-4H3. The summed E-state index contributed by atoms with van der Waals surface area (Å²) in [6.45, 7) is 3.42. The average Bonchev–Trinajstić information content (AvgIpc) is 3.09. The van der Waals surface area contributed by atoms with E-state index in [9.17, 15) is 8.42 Å². The van der Waals surface area contributed by atoms with E-state index in [-0.39, 0.29) is 17.3 Å². The van der Waals surface area contributed by atoms with Crippen molar-refractivity contribution in [2.24, 2.45) is 0 Å². The maximum Gasteiger partial charge on any atom is 0.243 e. The SMILES string of the molecule is COc1cc(C)c(S(=O)(=O)N(C)Cc2nc(-c3cccc(Cl)c3)no2)c(C)c1. The van der Waals surface area contributed by atoms with Crippen molar-refractivity contribution in [2.45, 2.75) is 25.3 Å². The van der Waals surface area contributed by atoms with Crippen molar-refractivity contribution in [3.8, 4) is 17.1 Å². The van der Waals surface area contributed by atoms with Gasteiger partial charge in [0.1, 0.15) is 5.75 Å². The van der Waals surface area contributed by atoms with Crippen LogP contribution in [0.15, 0.2) is 45.8 Å². The number of hydrogen-bond acceptors (Lipinski definition) is 6. The topological polar surface area (TPSA) is 85.5 Å². The molecule has 0 aliphatic rings. The number of benzene rings is 2. The minimum absolute atomic E-state index is 0.0548. The minimum Gasteiger partial charge on any atom is -0.497 e. The van der Waals surface area contributed by atoms with E-state index in [4.69, 9.17) is 20.9 Å². The normalized spacial score (nSPS) is 11.8. The summed E-state index contributed by atoms with van der Waals surface area (Å²) in [7, 11) is -0.740. The monoisotopic (exact) mass is 421 g/mol. The molecule has 1 heterocycles. The second kappa shape index (κ2) is 7.90. The molecule has 1 aromatic heterocycles. The molecule has 0 N–H and O–H groups in total. The highest BCUT2D eigenvalue weighted by atomic mass is 35.5. The molecular weight excluding hydrogens is 402 g/mol. The Morgan fingerprint density at radius 1 is 1.18 bits per heavy atom. The van der Waals surface area contributed by atoms with E-state index in [0.717, 1.165) is 0 Å². The molecular formula is C19H20ClN3O4S. The molecule has 9 heteroatoms. The van der Waals surface area contributed by atoms with Gasteiger partial charge in [-0.05, 0) is 49.2 Å². The molecule has 7 nitrogen and oxygen atoms in total. The molecule has 3 rings (SSSR count). The lowest BCUT2D eigenvalue weighted by molar-refractivity contribution is 0.336. The number of hydrogen-bond donors (Lipinski definition) is 0. The summed E-state index contributed by atoms with van der Waals surface area (Å²) in [6, 6.07) is 10.4. The predicted molar refractivity (Wildman–Crippen MR) is 106 cm³/mol. The Hall–Kier alpha value is -2.42. The zero-order valence-corrected chi connectivity index (χ0v) is 17.5. The summed E-state index contributed by atoms with van der Waals surface area (Å²) >= 11 is 5.98. The van der Waals surface area contributed by atoms with Gasteiger partial charge in [-0.15, -0.1) is 0 Å². The largest absolute Gasteiger partial charge is 0.497 e. The van der Waals surface area contributed by atoms with E-state index in [1.54, 1.807) is 57.4 Å². The molecule has 0 aliphatic carbocycles. The summed E-state index contributed by atoms with van der Waals surface area (Å²) in [6.07, 6.45) is 0. The third kappa shape index (κ3) is 4.04. The molecule has 0 fully saturated rings. The average molecular weight is 422 g/mol. The zero-order chi connectivity index (χ0) is 20.5. The Labute approximate surface area is 168 Å². The van der Waals surface area contributed by atoms with Crippen molar-refractivity contribution >= 4 is 21.6 Å². The van der Waals surface area contributed by atoms with Crippen molar-refractivity contribution < 1.29 is 17.7 Å². The van der Waals surface area contributed by atoms with Gasteiger partial charge in [0.05, 0.1) is 18.6 Å². The summed E-state index contributed by atoms with van der Waals surface area (Å²) in [5.41, 5.74) is 1.90. The minimum atomic E-state index is -3.76. The Balaban J connectivity index is 1.86. The lowest BCUT2D eigenvalue weighted by atomic mass is 10.1. The molecule has 2 aromatic carbocycles. The van der Waals surface area contributed by atoms with Crippen LogP contribution >= 0.6 is 11.6 Å². The number of sulfonamides is 1. The maximum absolute atomic E-state index is 13.1. The Morgan fingerprint density at radius 3 is 2.46 bits per heavy atom. The van der Waals surface area contributed by atoms with Crippen molar-refractivity contribution in [2.75, 3.05) is 14.2 Å².